The molecule has 27 heavy (non-hydrogen) atoms. The van der Waals surface area contributed by atoms with Crippen LogP contribution in [0.15, 0.2) is 53.5 Å². The van der Waals surface area contributed by atoms with Crippen molar-refractivity contribution in [3.05, 3.63) is 76.0 Å². The summed E-state index contributed by atoms with van der Waals surface area (Å²) in [7, 11) is 0. The van der Waals surface area contributed by atoms with Gasteiger partial charge in [-0.15, -0.1) is 0 Å². The first-order valence-corrected chi connectivity index (χ1v) is 8.82. The van der Waals surface area contributed by atoms with Gasteiger partial charge in [0, 0.05) is 11.9 Å². The van der Waals surface area contributed by atoms with E-state index in [1.807, 2.05) is 51.1 Å². The number of hydrogen-bond donors (Lipinski definition) is 2. The number of para-hydroxylation sites is 2. The molecule has 6 nitrogen and oxygen atoms in total. The number of carbonyl (C=O) groups excluding carboxylic acids is 1. The van der Waals surface area contributed by atoms with Crippen LogP contribution in [0, 0.1) is 20.8 Å². The van der Waals surface area contributed by atoms with Gasteiger partial charge >= 0.3 is 5.69 Å². The monoisotopic (exact) mass is 365 g/mol. The highest BCUT2D eigenvalue weighted by atomic mass is 16.5. The molecule has 140 valence electrons. The highest BCUT2D eigenvalue weighted by molar-refractivity contribution is 5.92. The maximum absolute atomic E-state index is 12.3. The van der Waals surface area contributed by atoms with E-state index in [9.17, 15) is 9.59 Å². The molecule has 6 heteroatoms. The van der Waals surface area contributed by atoms with E-state index in [4.69, 9.17) is 4.74 Å². The van der Waals surface area contributed by atoms with Crippen LogP contribution >= 0.6 is 0 Å². The lowest BCUT2D eigenvalue weighted by molar-refractivity contribution is -0.116. The summed E-state index contributed by atoms with van der Waals surface area (Å²) in [6.45, 7) is 6.12. The quantitative estimate of drug-likeness (QED) is 0.702. The Morgan fingerprint density at radius 3 is 2.63 bits per heavy atom. The first-order chi connectivity index (χ1) is 13.0. The molecule has 0 bridgehead atoms. The average Bonchev–Trinajstić information content (AvgIpc) is 2.96. The Morgan fingerprint density at radius 2 is 1.93 bits per heavy atom. The van der Waals surface area contributed by atoms with E-state index >= 15 is 0 Å². The average molecular weight is 365 g/mol. The van der Waals surface area contributed by atoms with Gasteiger partial charge in [0.2, 0.25) is 5.91 Å². The molecule has 1 heterocycles. The highest BCUT2D eigenvalue weighted by Crippen LogP contribution is 2.21. The highest BCUT2D eigenvalue weighted by Gasteiger charge is 2.12. The molecule has 3 rings (SSSR count). The molecule has 0 aliphatic heterocycles. The number of anilines is 1. The van der Waals surface area contributed by atoms with Gasteiger partial charge in [-0.1, -0.05) is 29.8 Å². The largest absolute Gasteiger partial charge is 0.493 e. The third kappa shape index (κ3) is 4.28. The third-order valence-corrected chi connectivity index (χ3v) is 4.30. The van der Waals surface area contributed by atoms with Gasteiger partial charge in [-0.25, -0.2) is 4.79 Å². The Kier molecular flexibility index (Phi) is 5.45. The molecule has 1 aromatic heterocycles. The van der Waals surface area contributed by atoms with Crippen LogP contribution in [-0.4, -0.2) is 22.1 Å². The molecule has 0 saturated carbocycles. The van der Waals surface area contributed by atoms with Crippen molar-refractivity contribution in [2.45, 2.75) is 27.2 Å². The summed E-state index contributed by atoms with van der Waals surface area (Å²) >= 11 is 0. The molecule has 1 amide bonds. The second-order valence-electron chi connectivity index (χ2n) is 6.50. The van der Waals surface area contributed by atoms with Gasteiger partial charge in [-0.3, -0.25) is 9.36 Å². The minimum atomic E-state index is -0.243. The number of nitrogens with one attached hydrogen (secondary N) is 2. The maximum atomic E-state index is 12.3. The Hall–Kier alpha value is -3.28. The SMILES string of the molecule is Cc1ccc(OCCC(=O)Nc2ccccc2-n2c(C)c[nH]c2=O)c(C)c1. The predicted octanol–water partition coefficient (Wildman–Crippen LogP) is 3.50. The maximum Gasteiger partial charge on any atom is 0.330 e. The van der Waals surface area contributed by atoms with E-state index in [1.54, 1.807) is 18.3 Å². The summed E-state index contributed by atoms with van der Waals surface area (Å²) in [5.41, 5.74) is 3.95. The summed E-state index contributed by atoms with van der Waals surface area (Å²) in [4.78, 5) is 27.0. The number of imidazole rings is 1. The lowest BCUT2D eigenvalue weighted by atomic mass is 10.1. The van der Waals surface area contributed by atoms with Gasteiger partial charge < -0.3 is 15.0 Å². The fourth-order valence-corrected chi connectivity index (χ4v) is 2.96. The Labute approximate surface area is 157 Å². The number of hydrogen-bond acceptors (Lipinski definition) is 3. The summed E-state index contributed by atoms with van der Waals surface area (Å²) < 4.78 is 7.25. The summed E-state index contributed by atoms with van der Waals surface area (Å²) in [6.07, 6.45) is 1.85. The molecule has 0 saturated heterocycles. The normalized spacial score (nSPS) is 10.6. The standard InChI is InChI=1S/C21H23N3O3/c1-14-8-9-19(15(2)12-14)27-11-10-20(25)23-17-6-4-5-7-18(17)24-16(3)13-22-21(24)26/h4-9,12-13H,10-11H2,1-3H3,(H,22,26)(H,23,25). The van der Waals surface area contributed by atoms with Crippen LogP contribution in [0.2, 0.25) is 0 Å². The van der Waals surface area contributed by atoms with E-state index < -0.39 is 0 Å². The second kappa shape index (κ2) is 7.95. The number of benzene rings is 2. The fraction of sp³-hybridized carbons (Fsp3) is 0.238. The van der Waals surface area contributed by atoms with Crippen LogP contribution in [0.3, 0.4) is 0 Å². The topological polar surface area (TPSA) is 76.1 Å². The molecule has 0 fully saturated rings. The van der Waals surface area contributed by atoms with Gasteiger partial charge in [0.1, 0.15) is 5.75 Å². The van der Waals surface area contributed by atoms with Crippen molar-refractivity contribution in [1.82, 2.24) is 9.55 Å². The number of aromatic amines is 1. The van der Waals surface area contributed by atoms with Crippen molar-refractivity contribution in [2.24, 2.45) is 0 Å². The number of ether oxygens (including phenoxy) is 1. The Bertz CT molecular complexity index is 1020. The van der Waals surface area contributed by atoms with Gasteiger partial charge in [0.15, 0.2) is 0 Å². The number of nitrogens with zero attached hydrogens (tertiary/aromatic N) is 1. The van der Waals surface area contributed by atoms with Crippen molar-refractivity contribution >= 4 is 11.6 Å². The molecule has 0 atom stereocenters. The number of aromatic nitrogens is 2. The molecule has 0 aliphatic carbocycles. The number of aryl methyl sites for hydroxylation is 3. The van der Waals surface area contributed by atoms with E-state index in [2.05, 4.69) is 10.3 Å². The van der Waals surface area contributed by atoms with E-state index in [1.165, 1.54) is 10.1 Å². The summed E-state index contributed by atoms with van der Waals surface area (Å²) in [5.74, 6) is 0.608. The van der Waals surface area contributed by atoms with Crippen molar-refractivity contribution in [1.29, 1.82) is 0 Å². The number of carbonyl (C=O) groups is 1. The zero-order chi connectivity index (χ0) is 19.4. The molecule has 0 radical (unpaired) electrons. The van der Waals surface area contributed by atoms with E-state index in [-0.39, 0.29) is 24.6 Å². The van der Waals surface area contributed by atoms with Crippen LogP contribution in [0.25, 0.3) is 5.69 Å². The third-order valence-electron chi connectivity index (χ3n) is 4.30. The first-order valence-electron chi connectivity index (χ1n) is 8.82. The predicted molar refractivity (Wildman–Crippen MR) is 106 cm³/mol. The molecule has 0 aliphatic rings. The van der Waals surface area contributed by atoms with Crippen molar-refractivity contribution in [3.8, 4) is 11.4 Å². The zero-order valence-electron chi connectivity index (χ0n) is 15.7. The van der Waals surface area contributed by atoms with Crippen molar-refractivity contribution in [2.75, 3.05) is 11.9 Å². The Morgan fingerprint density at radius 1 is 1.15 bits per heavy atom. The molecular formula is C21H23N3O3. The van der Waals surface area contributed by atoms with E-state index in [0.717, 1.165) is 17.0 Å². The molecule has 0 spiro atoms. The van der Waals surface area contributed by atoms with Crippen LogP contribution in [0.5, 0.6) is 5.75 Å². The zero-order valence-corrected chi connectivity index (χ0v) is 15.7. The summed E-state index contributed by atoms with van der Waals surface area (Å²) in [6, 6.07) is 13.2. The Balaban J connectivity index is 1.66. The molecule has 0 unspecified atom stereocenters. The minimum absolute atomic E-state index is 0.173. The van der Waals surface area contributed by atoms with Crippen LogP contribution < -0.4 is 15.7 Å². The molecule has 2 aromatic carbocycles. The van der Waals surface area contributed by atoms with Crippen LogP contribution in [-0.2, 0) is 4.79 Å². The fourth-order valence-electron chi connectivity index (χ4n) is 2.96. The lowest BCUT2D eigenvalue weighted by Gasteiger charge is -2.13. The van der Waals surface area contributed by atoms with Gasteiger partial charge in [0.25, 0.3) is 0 Å². The second-order valence-corrected chi connectivity index (χ2v) is 6.50. The minimum Gasteiger partial charge on any atom is -0.493 e. The number of rotatable bonds is 6. The van der Waals surface area contributed by atoms with Crippen LogP contribution in [0.1, 0.15) is 23.2 Å². The summed E-state index contributed by atoms with van der Waals surface area (Å²) in [5, 5.41) is 2.87. The number of amides is 1. The van der Waals surface area contributed by atoms with E-state index in [0.29, 0.717) is 11.4 Å². The van der Waals surface area contributed by atoms with Gasteiger partial charge in [0.05, 0.1) is 24.4 Å². The molecule has 2 N–H and O–H groups in total. The van der Waals surface area contributed by atoms with Crippen molar-refractivity contribution < 1.29 is 9.53 Å². The van der Waals surface area contributed by atoms with Gasteiger partial charge in [-0.2, -0.15) is 0 Å². The molecular weight excluding hydrogens is 342 g/mol. The smallest absolute Gasteiger partial charge is 0.330 e. The first kappa shape index (κ1) is 18.5. The van der Waals surface area contributed by atoms with Crippen LogP contribution in [0.4, 0.5) is 5.69 Å². The molecule has 3 aromatic rings. The number of H-pyrrole nitrogens is 1. The lowest BCUT2D eigenvalue weighted by Crippen LogP contribution is -2.20. The van der Waals surface area contributed by atoms with Gasteiger partial charge in [-0.05, 0) is 44.5 Å². The van der Waals surface area contributed by atoms with Crippen molar-refractivity contribution in [3.63, 3.8) is 0 Å².